The highest BCUT2D eigenvalue weighted by Gasteiger charge is 2.42. The van der Waals surface area contributed by atoms with Gasteiger partial charge in [-0.15, -0.1) is 11.6 Å². The van der Waals surface area contributed by atoms with Gasteiger partial charge in [0.25, 0.3) is 0 Å². The molecular formula is C30H37ClO3. The van der Waals surface area contributed by atoms with Gasteiger partial charge in [-0.2, -0.15) is 0 Å². The molecule has 1 saturated heterocycles. The SMILES string of the molecule is CCC(c1ccccc1)C(C)(c1ccc(OC2CCCCO2)cc1)C1C=CC(OCCCl)=CC1. The normalized spacial score (nSPS) is 23.0. The van der Waals surface area contributed by atoms with Gasteiger partial charge in [-0.05, 0) is 72.9 Å². The number of allylic oxidation sites excluding steroid dienone is 3. The number of halogens is 1. The standard InChI is InChI=1S/C30H37ClO3/c1-3-28(23-9-5-4-6-10-23)30(2,24-12-16-26(17-13-24)32-22-20-31)25-14-18-27(19-15-25)34-29-11-7-8-21-33-29/h4-6,9-10,12,14-19,24,28-29H,3,7-8,11,13,20-22H2,1-2H3. The summed E-state index contributed by atoms with van der Waals surface area (Å²) in [6, 6.07) is 19.6. The molecule has 34 heavy (non-hydrogen) atoms. The molecule has 3 nitrogen and oxygen atoms in total. The number of benzene rings is 2. The van der Waals surface area contributed by atoms with Gasteiger partial charge in [0.2, 0.25) is 0 Å². The minimum atomic E-state index is -0.128. The Morgan fingerprint density at radius 3 is 2.50 bits per heavy atom. The second-order valence-electron chi connectivity index (χ2n) is 9.44. The maximum Gasteiger partial charge on any atom is 0.199 e. The molecule has 2 aromatic carbocycles. The van der Waals surface area contributed by atoms with Crippen molar-refractivity contribution in [3.8, 4) is 5.75 Å². The molecule has 4 unspecified atom stereocenters. The molecule has 0 N–H and O–H groups in total. The lowest BCUT2D eigenvalue weighted by molar-refractivity contribution is -0.105. The third kappa shape index (κ3) is 5.70. The van der Waals surface area contributed by atoms with Crippen molar-refractivity contribution < 1.29 is 14.2 Å². The minimum absolute atomic E-state index is 0.0962. The first kappa shape index (κ1) is 24.9. The Hall–Kier alpha value is -2.23. The third-order valence-corrected chi connectivity index (χ3v) is 7.55. The summed E-state index contributed by atoms with van der Waals surface area (Å²) in [4.78, 5) is 0. The summed E-state index contributed by atoms with van der Waals surface area (Å²) in [5.41, 5.74) is 2.61. The van der Waals surface area contributed by atoms with Crippen molar-refractivity contribution in [2.24, 2.45) is 5.92 Å². The van der Waals surface area contributed by atoms with E-state index >= 15 is 0 Å². The van der Waals surface area contributed by atoms with Gasteiger partial charge < -0.3 is 14.2 Å². The van der Waals surface area contributed by atoms with Crippen LogP contribution in [0.25, 0.3) is 0 Å². The maximum atomic E-state index is 6.12. The first-order valence-electron chi connectivity index (χ1n) is 12.7. The number of hydrogen-bond donors (Lipinski definition) is 0. The Morgan fingerprint density at radius 1 is 1.09 bits per heavy atom. The van der Waals surface area contributed by atoms with Crippen LogP contribution in [0.2, 0.25) is 0 Å². The van der Waals surface area contributed by atoms with Gasteiger partial charge >= 0.3 is 0 Å². The molecule has 1 aliphatic carbocycles. The lowest BCUT2D eigenvalue weighted by Gasteiger charge is -2.44. The van der Waals surface area contributed by atoms with Crippen LogP contribution < -0.4 is 4.74 Å². The predicted octanol–water partition coefficient (Wildman–Crippen LogP) is 7.76. The van der Waals surface area contributed by atoms with E-state index in [1.165, 1.54) is 11.1 Å². The predicted molar refractivity (Wildman–Crippen MR) is 139 cm³/mol. The summed E-state index contributed by atoms with van der Waals surface area (Å²) in [5.74, 6) is 3.01. The monoisotopic (exact) mass is 480 g/mol. The zero-order chi connectivity index (χ0) is 23.8. The molecule has 0 amide bonds. The Bertz CT molecular complexity index is 947. The van der Waals surface area contributed by atoms with Crippen LogP contribution in [0.1, 0.15) is 63.0 Å². The van der Waals surface area contributed by atoms with Crippen molar-refractivity contribution in [1.82, 2.24) is 0 Å². The first-order valence-corrected chi connectivity index (χ1v) is 13.2. The van der Waals surface area contributed by atoms with Crippen LogP contribution >= 0.6 is 11.6 Å². The van der Waals surface area contributed by atoms with E-state index in [0.29, 0.717) is 24.3 Å². The molecule has 0 radical (unpaired) electrons. The van der Waals surface area contributed by atoms with E-state index in [-0.39, 0.29) is 11.7 Å². The Labute approximate surface area is 209 Å². The number of rotatable bonds is 10. The van der Waals surface area contributed by atoms with Crippen molar-refractivity contribution in [3.05, 3.63) is 89.7 Å². The highest BCUT2D eigenvalue weighted by molar-refractivity contribution is 6.17. The van der Waals surface area contributed by atoms with E-state index in [1.54, 1.807) is 0 Å². The van der Waals surface area contributed by atoms with E-state index in [0.717, 1.165) is 50.2 Å². The molecule has 0 saturated carbocycles. The van der Waals surface area contributed by atoms with Gasteiger partial charge in [0, 0.05) is 11.8 Å². The van der Waals surface area contributed by atoms with Crippen LogP contribution in [-0.2, 0) is 14.9 Å². The van der Waals surface area contributed by atoms with Crippen LogP contribution in [0.3, 0.4) is 0 Å². The lowest BCUT2D eigenvalue weighted by atomic mass is 9.59. The molecule has 182 valence electrons. The smallest absolute Gasteiger partial charge is 0.199 e. The minimum Gasteiger partial charge on any atom is -0.493 e. The molecule has 2 aromatic rings. The molecule has 2 aliphatic rings. The molecular weight excluding hydrogens is 444 g/mol. The lowest BCUT2D eigenvalue weighted by Crippen LogP contribution is -2.38. The van der Waals surface area contributed by atoms with Crippen LogP contribution in [-0.4, -0.2) is 25.4 Å². The van der Waals surface area contributed by atoms with Crippen molar-refractivity contribution >= 4 is 11.6 Å². The first-order chi connectivity index (χ1) is 16.6. The van der Waals surface area contributed by atoms with Crippen LogP contribution in [0.4, 0.5) is 0 Å². The molecule has 0 aromatic heterocycles. The highest BCUT2D eigenvalue weighted by atomic mass is 35.5. The van der Waals surface area contributed by atoms with Gasteiger partial charge in [0.1, 0.15) is 18.1 Å². The summed E-state index contributed by atoms with van der Waals surface area (Å²) in [6.45, 7) is 6.04. The quantitative estimate of drug-likeness (QED) is 0.325. The largest absolute Gasteiger partial charge is 0.493 e. The Kier molecular flexibility index (Phi) is 8.74. The highest BCUT2D eigenvalue weighted by Crippen LogP contribution is 2.49. The van der Waals surface area contributed by atoms with Gasteiger partial charge in [-0.3, -0.25) is 0 Å². The van der Waals surface area contributed by atoms with E-state index in [2.05, 4.69) is 86.7 Å². The zero-order valence-corrected chi connectivity index (χ0v) is 21.2. The number of hydrogen-bond acceptors (Lipinski definition) is 3. The summed E-state index contributed by atoms with van der Waals surface area (Å²) in [5, 5.41) is 0. The molecule has 0 spiro atoms. The van der Waals surface area contributed by atoms with Crippen molar-refractivity contribution in [1.29, 1.82) is 0 Å². The van der Waals surface area contributed by atoms with E-state index in [1.807, 2.05) is 0 Å². The maximum absolute atomic E-state index is 6.12. The molecule has 4 rings (SSSR count). The van der Waals surface area contributed by atoms with Crippen molar-refractivity contribution in [2.75, 3.05) is 19.1 Å². The Morgan fingerprint density at radius 2 is 1.88 bits per heavy atom. The summed E-state index contributed by atoms with van der Waals surface area (Å²) in [7, 11) is 0. The third-order valence-electron chi connectivity index (χ3n) is 7.40. The van der Waals surface area contributed by atoms with Crippen LogP contribution in [0.15, 0.2) is 78.6 Å². The zero-order valence-electron chi connectivity index (χ0n) is 20.4. The topological polar surface area (TPSA) is 27.7 Å². The van der Waals surface area contributed by atoms with Crippen molar-refractivity contribution in [2.45, 2.75) is 63.6 Å². The molecule has 4 heteroatoms. The van der Waals surface area contributed by atoms with E-state index in [4.69, 9.17) is 25.8 Å². The van der Waals surface area contributed by atoms with Gasteiger partial charge in [0.05, 0.1) is 12.5 Å². The fourth-order valence-electron chi connectivity index (χ4n) is 5.52. The average molecular weight is 481 g/mol. The second kappa shape index (κ2) is 12.0. The summed E-state index contributed by atoms with van der Waals surface area (Å²) >= 11 is 5.81. The number of alkyl halides is 1. The van der Waals surface area contributed by atoms with Crippen LogP contribution in [0.5, 0.6) is 5.75 Å². The summed E-state index contributed by atoms with van der Waals surface area (Å²) < 4.78 is 17.7. The van der Waals surface area contributed by atoms with Gasteiger partial charge in [-0.1, -0.05) is 62.4 Å². The van der Waals surface area contributed by atoms with E-state index < -0.39 is 0 Å². The second-order valence-corrected chi connectivity index (χ2v) is 9.82. The van der Waals surface area contributed by atoms with E-state index in [9.17, 15) is 0 Å². The molecule has 0 bridgehead atoms. The fourth-order valence-corrected chi connectivity index (χ4v) is 5.60. The van der Waals surface area contributed by atoms with Gasteiger partial charge in [-0.25, -0.2) is 0 Å². The fraction of sp³-hybridized carbons (Fsp3) is 0.467. The average Bonchev–Trinajstić information content (AvgIpc) is 2.90. The molecule has 1 aliphatic heterocycles. The summed E-state index contributed by atoms with van der Waals surface area (Å²) in [6.07, 6.45) is 11.8. The Balaban J connectivity index is 1.62. The van der Waals surface area contributed by atoms with Crippen LogP contribution in [0, 0.1) is 5.92 Å². The number of ether oxygens (including phenoxy) is 3. The molecule has 4 atom stereocenters. The molecule has 1 heterocycles. The van der Waals surface area contributed by atoms with Gasteiger partial charge in [0.15, 0.2) is 6.29 Å². The van der Waals surface area contributed by atoms with Crippen molar-refractivity contribution in [3.63, 3.8) is 0 Å². The molecule has 1 fully saturated rings.